The minimum absolute atomic E-state index is 0.271. The van der Waals surface area contributed by atoms with Crippen molar-refractivity contribution in [1.82, 2.24) is 19.1 Å². The molecule has 1 aliphatic rings. The molecule has 26 heavy (non-hydrogen) atoms. The van der Waals surface area contributed by atoms with Gasteiger partial charge in [-0.1, -0.05) is 15.9 Å². The van der Waals surface area contributed by atoms with Gasteiger partial charge in [-0.15, -0.1) is 0 Å². The normalized spacial score (nSPS) is 15.9. The van der Waals surface area contributed by atoms with Gasteiger partial charge in [0, 0.05) is 11.5 Å². The van der Waals surface area contributed by atoms with E-state index in [1.165, 1.54) is 4.57 Å². The molecule has 1 aliphatic heterocycles. The predicted molar refractivity (Wildman–Crippen MR) is 105 cm³/mol. The zero-order valence-electron chi connectivity index (χ0n) is 13.3. The van der Waals surface area contributed by atoms with Crippen molar-refractivity contribution in [2.75, 3.05) is 6.61 Å². The maximum atomic E-state index is 12.1. The number of fused-ring (bicyclic) bond motifs is 3. The lowest BCUT2D eigenvalue weighted by molar-refractivity contribution is 0.142. The van der Waals surface area contributed by atoms with Gasteiger partial charge in [-0.25, -0.2) is 4.79 Å². The number of nitrogens with one attached hydrogen (secondary N) is 1. The summed E-state index contributed by atoms with van der Waals surface area (Å²) in [5.74, 6) is 0.659. The summed E-state index contributed by atoms with van der Waals surface area (Å²) in [5, 5.41) is 0. The average molecular weight is 551 g/mol. The topological polar surface area (TPSA) is 91.1 Å². The Morgan fingerprint density at radius 2 is 2.00 bits per heavy atom. The second kappa shape index (κ2) is 6.54. The summed E-state index contributed by atoms with van der Waals surface area (Å²) in [7, 11) is 1.55. The van der Waals surface area contributed by atoms with Crippen LogP contribution < -0.4 is 20.7 Å². The van der Waals surface area contributed by atoms with Crippen LogP contribution in [-0.2, 0) is 13.6 Å². The molecule has 0 radical (unpaired) electrons. The molecule has 1 atom stereocenters. The zero-order chi connectivity index (χ0) is 18.6. The van der Waals surface area contributed by atoms with Crippen molar-refractivity contribution in [2.24, 2.45) is 7.05 Å². The summed E-state index contributed by atoms with van der Waals surface area (Å²) < 4.78 is 17.1. The van der Waals surface area contributed by atoms with Crippen LogP contribution in [0.25, 0.3) is 11.2 Å². The summed E-state index contributed by atoms with van der Waals surface area (Å²) in [6.07, 6.45) is -0.305. The van der Waals surface area contributed by atoms with E-state index < -0.39 is 11.2 Å². The van der Waals surface area contributed by atoms with Crippen LogP contribution >= 0.6 is 47.8 Å². The van der Waals surface area contributed by atoms with Crippen LogP contribution in [0.1, 0.15) is 0 Å². The van der Waals surface area contributed by atoms with Crippen LogP contribution in [0.2, 0.25) is 0 Å². The van der Waals surface area contributed by atoms with Crippen molar-refractivity contribution in [3.05, 3.63) is 46.4 Å². The molecule has 0 bridgehead atoms. The first-order chi connectivity index (χ1) is 12.3. The average Bonchev–Trinajstić information content (AvgIpc) is 3.09. The molecule has 3 aromatic rings. The van der Waals surface area contributed by atoms with E-state index in [0.29, 0.717) is 29.5 Å². The van der Waals surface area contributed by atoms with Crippen LogP contribution in [0.4, 0.5) is 0 Å². The highest BCUT2D eigenvalue weighted by Gasteiger charge is 2.29. The highest BCUT2D eigenvalue weighted by Crippen LogP contribution is 2.37. The molecule has 0 fully saturated rings. The lowest BCUT2D eigenvalue weighted by atomic mass is 10.3. The predicted octanol–water partition coefficient (Wildman–Crippen LogP) is 2.55. The Balaban J connectivity index is 1.58. The first-order valence-electron chi connectivity index (χ1n) is 7.48. The van der Waals surface area contributed by atoms with Gasteiger partial charge in [0.1, 0.15) is 12.4 Å². The molecule has 0 saturated heterocycles. The molecule has 1 unspecified atom stereocenters. The molecule has 1 aromatic carbocycles. The third kappa shape index (κ3) is 2.91. The number of rotatable bonds is 3. The summed E-state index contributed by atoms with van der Waals surface area (Å²) in [6, 6.07) is 4.07. The fourth-order valence-electron chi connectivity index (χ4n) is 2.79. The molecule has 11 heteroatoms. The molecule has 3 heterocycles. The molecule has 0 aliphatic carbocycles. The number of imidazole rings is 1. The van der Waals surface area contributed by atoms with Crippen molar-refractivity contribution in [3.63, 3.8) is 0 Å². The number of hydrogen-bond acceptors (Lipinski definition) is 5. The van der Waals surface area contributed by atoms with E-state index in [1.54, 1.807) is 11.6 Å². The van der Waals surface area contributed by atoms with Gasteiger partial charge in [0.25, 0.3) is 11.6 Å². The molecular formula is C15H11Br3N4O4. The number of hydrogen-bond donors (Lipinski definition) is 1. The number of aryl methyl sites for hydroxylation is 1. The Morgan fingerprint density at radius 3 is 2.69 bits per heavy atom. The highest BCUT2D eigenvalue weighted by molar-refractivity contribution is 9.11. The second-order valence-corrected chi connectivity index (χ2v) is 8.37. The number of benzene rings is 1. The standard InChI is InChI=1S/C15H11Br3N4O4/c1-21-12-10(13(23)20-14(21)24)22-4-7(26-15(22)19-12)5-25-11-8(17)2-6(16)3-9(11)18/h2-3,7H,4-5H2,1H3,(H,20,23,24). The van der Waals surface area contributed by atoms with E-state index in [0.717, 1.165) is 13.4 Å². The van der Waals surface area contributed by atoms with Gasteiger partial charge >= 0.3 is 5.69 Å². The van der Waals surface area contributed by atoms with Gasteiger partial charge in [0.2, 0.25) is 0 Å². The number of aromatic amines is 1. The Hall–Kier alpha value is -1.59. The van der Waals surface area contributed by atoms with Crippen LogP contribution in [0.15, 0.2) is 35.1 Å². The van der Waals surface area contributed by atoms with Gasteiger partial charge in [-0.2, -0.15) is 4.98 Å². The summed E-state index contributed by atoms with van der Waals surface area (Å²) in [5.41, 5.74) is -0.378. The number of ether oxygens (including phenoxy) is 2. The number of nitrogens with zero attached hydrogens (tertiary/aromatic N) is 3. The Labute approximate surface area is 171 Å². The van der Waals surface area contributed by atoms with E-state index in [4.69, 9.17) is 9.47 Å². The van der Waals surface area contributed by atoms with Crippen LogP contribution in [0.3, 0.4) is 0 Å². The number of H-pyrrole nitrogens is 1. The monoisotopic (exact) mass is 548 g/mol. The largest absolute Gasteiger partial charge is 0.487 e. The quantitative estimate of drug-likeness (QED) is 0.541. The molecule has 0 amide bonds. The van der Waals surface area contributed by atoms with Crippen molar-refractivity contribution in [2.45, 2.75) is 12.6 Å². The van der Waals surface area contributed by atoms with Gasteiger partial charge in [0.15, 0.2) is 17.3 Å². The lowest BCUT2D eigenvalue weighted by Crippen LogP contribution is -2.30. The zero-order valence-corrected chi connectivity index (χ0v) is 18.0. The maximum Gasteiger partial charge on any atom is 0.329 e. The van der Waals surface area contributed by atoms with Crippen molar-refractivity contribution in [3.8, 4) is 11.8 Å². The molecule has 0 spiro atoms. The third-order valence-electron chi connectivity index (χ3n) is 4.01. The summed E-state index contributed by atoms with van der Waals surface area (Å²) >= 11 is 10.3. The van der Waals surface area contributed by atoms with Gasteiger partial charge < -0.3 is 9.47 Å². The fourth-order valence-corrected chi connectivity index (χ4v) is 5.28. The van der Waals surface area contributed by atoms with Crippen LogP contribution in [-0.4, -0.2) is 31.8 Å². The van der Waals surface area contributed by atoms with E-state index in [1.807, 2.05) is 12.1 Å². The minimum Gasteiger partial charge on any atom is -0.487 e. The van der Waals surface area contributed by atoms with Crippen molar-refractivity contribution < 1.29 is 9.47 Å². The van der Waals surface area contributed by atoms with E-state index in [2.05, 4.69) is 57.8 Å². The van der Waals surface area contributed by atoms with Gasteiger partial charge in [-0.3, -0.25) is 18.9 Å². The third-order valence-corrected chi connectivity index (χ3v) is 5.64. The second-order valence-electron chi connectivity index (χ2n) is 5.74. The minimum atomic E-state index is -0.510. The fraction of sp³-hybridized carbons (Fsp3) is 0.267. The Bertz CT molecular complexity index is 1130. The molecule has 1 N–H and O–H groups in total. The smallest absolute Gasteiger partial charge is 0.329 e. The Morgan fingerprint density at radius 1 is 1.31 bits per heavy atom. The van der Waals surface area contributed by atoms with Gasteiger partial charge in [0.05, 0.1) is 15.5 Å². The number of halogens is 3. The number of aromatic nitrogens is 4. The molecule has 4 rings (SSSR count). The van der Waals surface area contributed by atoms with Gasteiger partial charge in [-0.05, 0) is 44.0 Å². The molecule has 8 nitrogen and oxygen atoms in total. The van der Waals surface area contributed by atoms with E-state index in [9.17, 15) is 9.59 Å². The van der Waals surface area contributed by atoms with E-state index in [-0.39, 0.29) is 12.7 Å². The summed E-state index contributed by atoms with van der Waals surface area (Å²) in [4.78, 5) is 30.4. The molecule has 0 saturated carbocycles. The van der Waals surface area contributed by atoms with Crippen molar-refractivity contribution >= 4 is 59.0 Å². The first-order valence-corrected chi connectivity index (χ1v) is 9.86. The first kappa shape index (κ1) is 17.8. The SMILES string of the molecule is Cn1c(=O)[nH]c(=O)c2c1nc1n2CC(COc2c(Br)cc(Br)cc2Br)O1. The van der Waals surface area contributed by atoms with Crippen LogP contribution in [0, 0.1) is 0 Å². The highest BCUT2D eigenvalue weighted by atomic mass is 79.9. The maximum absolute atomic E-state index is 12.1. The van der Waals surface area contributed by atoms with Crippen molar-refractivity contribution in [1.29, 1.82) is 0 Å². The summed E-state index contributed by atoms with van der Waals surface area (Å²) in [6.45, 7) is 0.673. The molecular weight excluding hydrogens is 540 g/mol. The van der Waals surface area contributed by atoms with Crippen LogP contribution in [0.5, 0.6) is 11.8 Å². The molecule has 2 aromatic heterocycles. The lowest BCUT2D eigenvalue weighted by Gasteiger charge is -2.14. The molecule has 136 valence electrons. The van der Waals surface area contributed by atoms with E-state index >= 15 is 0 Å². The Kier molecular flexibility index (Phi) is 4.48.